The predicted molar refractivity (Wildman–Crippen MR) is 116 cm³/mol. The summed E-state index contributed by atoms with van der Waals surface area (Å²) < 4.78 is 6.98. The standard InChI is InChI=1S/C21H15ClN6O4/c1-13-20(25-26-27(13)16-3-2-4-17(11-16)28(30)31)21(29)24-15-7-10-19(23-12-15)32-18-8-5-14(22)6-9-18/h2-12H,1H3,(H,24,29). The van der Waals surface area contributed by atoms with Gasteiger partial charge in [-0.25, -0.2) is 9.67 Å². The fourth-order valence-electron chi connectivity index (χ4n) is 2.85. The zero-order valence-electron chi connectivity index (χ0n) is 16.6. The van der Waals surface area contributed by atoms with Gasteiger partial charge in [0, 0.05) is 23.2 Å². The second kappa shape index (κ2) is 8.82. The van der Waals surface area contributed by atoms with Gasteiger partial charge in [0.05, 0.1) is 28.2 Å². The molecule has 2 aromatic heterocycles. The number of halogens is 1. The third-order valence-corrected chi connectivity index (χ3v) is 4.68. The summed E-state index contributed by atoms with van der Waals surface area (Å²) in [5.74, 6) is 0.428. The molecule has 0 spiro atoms. The molecule has 0 aliphatic carbocycles. The monoisotopic (exact) mass is 450 g/mol. The lowest BCUT2D eigenvalue weighted by molar-refractivity contribution is -0.384. The number of ether oxygens (including phenoxy) is 1. The zero-order valence-corrected chi connectivity index (χ0v) is 17.4. The number of rotatable bonds is 6. The Morgan fingerprint density at radius 1 is 1.16 bits per heavy atom. The van der Waals surface area contributed by atoms with Crippen LogP contribution in [0.3, 0.4) is 0 Å². The van der Waals surface area contributed by atoms with Crippen molar-refractivity contribution in [2.24, 2.45) is 0 Å². The van der Waals surface area contributed by atoms with E-state index in [0.29, 0.717) is 33.7 Å². The van der Waals surface area contributed by atoms with Crippen molar-refractivity contribution >= 4 is 28.9 Å². The second-order valence-electron chi connectivity index (χ2n) is 6.61. The summed E-state index contributed by atoms with van der Waals surface area (Å²) in [7, 11) is 0. The molecule has 0 saturated carbocycles. The molecule has 0 bridgehead atoms. The molecule has 32 heavy (non-hydrogen) atoms. The number of carbonyl (C=O) groups excluding carboxylic acids is 1. The molecule has 4 aromatic rings. The van der Waals surface area contributed by atoms with Crippen molar-refractivity contribution in [2.45, 2.75) is 6.92 Å². The lowest BCUT2D eigenvalue weighted by Crippen LogP contribution is -2.14. The topological polar surface area (TPSA) is 125 Å². The number of hydrogen-bond donors (Lipinski definition) is 1. The molecule has 2 heterocycles. The summed E-state index contributed by atoms with van der Waals surface area (Å²) >= 11 is 5.85. The van der Waals surface area contributed by atoms with Crippen LogP contribution in [0.15, 0.2) is 66.9 Å². The van der Waals surface area contributed by atoms with E-state index in [1.165, 1.54) is 29.1 Å². The molecular weight excluding hydrogens is 436 g/mol. The van der Waals surface area contributed by atoms with Gasteiger partial charge in [-0.1, -0.05) is 22.9 Å². The highest BCUT2D eigenvalue weighted by atomic mass is 35.5. The number of benzene rings is 2. The van der Waals surface area contributed by atoms with E-state index in [0.717, 1.165) is 0 Å². The Bertz CT molecular complexity index is 1290. The van der Waals surface area contributed by atoms with E-state index < -0.39 is 10.8 Å². The minimum absolute atomic E-state index is 0.0815. The third kappa shape index (κ3) is 4.55. The summed E-state index contributed by atoms with van der Waals surface area (Å²) in [6.07, 6.45) is 1.45. The van der Waals surface area contributed by atoms with Crippen molar-refractivity contribution in [3.05, 3.63) is 93.4 Å². The normalized spacial score (nSPS) is 10.6. The quantitative estimate of drug-likeness (QED) is 0.336. The van der Waals surface area contributed by atoms with Crippen LogP contribution >= 0.6 is 11.6 Å². The Balaban J connectivity index is 1.47. The molecule has 4 rings (SSSR count). The van der Waals surface area contributed by atoms with Gasteiger partial charge < -0.3 is 10.1 Å². The van der Waals surface area contributed by atoms with E-state index in [1.807, 2.05) is 0 Å². The van der Waals surface area contributed by atoms with E-state index in [-0.39, 0.29) is 11.4 Å². The number of nitrogens with zero attached hydrogens (tertiary/aromatic N) is 5. The highest BCUT2D eigenvalue weighted by Gasteiger charge is 2.19. The van der Waals surface area contributed by atoms with Gasteiger partial charge in [0.15, 0.2) is 5.69 Å². The van der Waals surface area contributed by atoms with Crippen LogP contribution in [0.25, 0.3) is 5.69 Å². The van der Waals surface area contributed by atoms with E-state index in [9.17, 15) is 14.9 Å². The molecule has 0 unspecified atom stereocenters. The van der Waals surface area contributed by atoms with Crippen molar-refractivity contribution in [2.75, 3.05) is 5.32 Å². The average Bonchev–Trinajstić information content (AvgIpc) is 3.18. The van der Waals surface area contributed by atoms with E-state index in [2.05, 4.69) is 20.6 Å². The lowest BCUT2D eigenvalue weighted by atomic mass is 10.2. The van der Waals surface area contributed by atoms with Gasteiger partial charge in [0.2, 0.25) is 5.88 Å². The molecule has 0 radical (unpaired) electrons. The van der Waals surface area contributed by atoms with Gasteiger partial charge in [-0.15, -0.1) is 5.10 Å². The Morgan fingerprint density at radius 2 is 1.94 bits per heavy atom. The SMILES string of the molecule is Cc1c(C(=O)Nc2ccc(Oc3ccc(Cl)cc3)nc2)nnn1-c1cccc([N+](=O)[O-])c1. The van der Waals surface area contributed by atoms with E-state index in [1.54, 1.807) is 49.4 Å². The van der Waals surface area contributed by atoms with Crippen molar-refractivity contribution in [1.29, 1.82) is 0 Å². The maximum Gasteiger partial charge on any atom is 0.278 e. The molecule has 0 aliphatic rings. The zero-order chi connectivity index (χ0) is 22.7. The summed E-state index contributed by atoms with van der Waals surface area (Å²) in [5.41, 5.74) is 1.28. The van der Waals surface area contributed by atoms with Crippen LogP contribution in [0.2, 0.25) is 5.02 Å². The minimum atomic E-state index is -0.503. The summed E-state index contributed by atoms with van der Waals surface area (Å²) in [6, 6.07) is 16.0. The van der Waals surface area contributed by atoms with Crippen molar-refractivity contribution < 1.29 is 14.5 Å². The highest BCUT2D eigenvalue weighted by molar-refractivity contribution is 6.30. The number of aromatic nitrogens is 4. The molecular formula is C21H15ClN6O4. The van der Waals surface area contributed by atoms with Gasteiger partial charge in [0.25, 0.3) is 11.6 Å². The van der Waals surface area contributed by atoms with Crippen LogP contribution in [0, 0.1) is 17.0 Å². The second-order valence-corrected chi connectivity index (χ2v) is 7.04. The fourth-order valence-corrected chi connectivity index (χ4v) is 2.98. The molecule has 160 valence electrons. The molecule has 0 fully saturated rings. The summed E-state index contributed by atoms with van der Waals surface area (Å²) in [6.45, 7) is 1.65. The van der Waals surface area contributed by atoms with Gasteiger partial charge in [-0.3, -0.25) is 14.9 Å². The number of nitrogens with one attached hydrogen (secondary N) is 1. The van der Waals surface area contributed by atoms with Crippen LogP contribution in [0.4, 0.5) is 11.4 Å². The number of non-ortho nitro benzene ring substituents is 1. The smallest absolute Gasteiger partial charge is 0.278 e. The van der Waals surface area contributed by atoms with Crippen molar-refractivity contribution in [1.82, 2.24) is 20.0 Å². The van der Waals surface area contributed by atoms with Crippen LogP contribution in [0.1, 0.15) is 16.2 Å². The predicted octanol–water partition coefficient (Wildman–Crippen LogP) is 4.58. The minimum Gasteiger partial charge on any atom is -0.439 e. The Hall–Kier alpha value is -4.31. The Labute approximate surface area is 186 Å². The molecule has 10 nitrogen and oxygen atoms in total. The van der Waals surface area contributed by atoms with Crippen LogP contribution in [-0.4, -0.2) is 30.8 Å². The highest BCUT2D eigenvalue weighted by Crippen LogP contribution is 2.23. The summed E-state index contributed by atoms with van der Waals surface area (Å²) in [5, 5.41) is 22.2. The Morgan fingerprint density at radius 3 is 2.62 bits per heavy atom. The number of carbonyl (C=O) groups is 1. The largest absolute Gasteiger partial charge is 0.439 e. The molecule has 2 aromatic carbocycles. The number of nitro groups is 1. The third-order valence-electron chi connectivity index (χ3n) is 4.43. The number of nitro benzene ring substituents is 1. The first-order valence-corrected chi connectivity index (χ1v) is 9.66. The number of hydrogen-bond acceptors (Lipinski definition) is 7. The number of amides is 1. The number of pyridine rings is 1. The van der Waals surface area contributed by atoms with E-state index in [4.69, 9.17) is 16.3 Å². The van der Waals surface area contributed by atoms with Gasteiger partial charge in [-0.2, -0.15) is 0 Å². The van der Waals surface area contributed by atoms with Crippen LogP contribution in [-0.2, 0) is 0 Å². The van der Waals surface area contributed by atoms with E-state index >= 15 is 0 Å². The molecule has 1 N–H and O–H groups in total. The van der Waals surface area contributed by atoms with Gasteiger partial charge in [-0.05, 0) is 43.3 Å². The summed E-state index contributed by atoms with van der Waals surface area (Å²) in [4.78, 5) is 27.3. The molecule has 11 heteroatoms. The number of anilines is 1. The van der Waals surface area contributed by atoms with Crippen molar-refractivity contribution in [3.8, 4) is 17.3 Å². The molecule has 0 aliphatic heterocycles. The van der Waals surface area contributed by atoms with Gasteiger partial charge >= 0.3 is 0 Å². The van der Waals surface area contributed by atoms with Crippen LogP contribution in [0.5, 0.6) is 11.6 Å². The first kappa shape index (κ1) is 20.9. The maximum absolute atomic E-state index is 12.7. The molecule has 0 saturated heterocycles. The average molecular weight is 451 g/mol. The first-order chi connectivity index (χ1) is 15.4. The van der Waals surface area contributed by atoms with Gasteiger partial charge in [0.1, 0.15) is 5.75 Å². The molecule has 1 amide bonds. The maximum atomic E-state index is 12.7. The van der Waals surface area contributed by atoms with Crippen molar-refractivity contribution in [3.63, 3.8) is 0 Å². The lowest BCUT2D eigenvalue weighted by Gasteiger charge is -2.07. The first-order valence-electron chi connectivity index (χ1n) is 9.28. The molecule has 0 atom stereocenters. The van der Waals surface area contributed by atoms with Crippen LogP contribution < -0.4 is 10.1 Å². The fraction of sp³-hybridized carbons (Fsp3) is 0.0476. The Kier molecular flexibility index (Phi) is 5.77.